The third-order valence-corrected chi connectivity index (χ3v) is 6.30. The third kappa shape index (κ3) is 3.52. The molecule has 0 saturated carbocycles. The van der Waals surface area contributed by atoms with Gasteiger partial charge in [-0.05, 0) is 23.8 Å². The van der Waals surface area contributed by atoms with Crippen LogP contribution in [0.2, 0.25) is 0 Å². The van der Waals surface area contributed by atoms with Gasteiger partial charge in [0.05, 0.1) is 23.0 Å². The van der Waals surface area contributed by atoms with E-state index in [1.54, 1.807) is 0 Å². The summed E-state index contributed by atoms with van der Waals surface area (Å²) in [4.78, 5) is 46.0. The van der Waals surface area contributed by atoms with Gasteiger partial charge in [0.25, 0.3) is 5.56 Å². The Bertz CT molecular complexity index is 1580. The first kappa shape index (κ1) is 20.0. The number of para-hydroxylation sites is 2. The zero-order chi connectivity index (χ0) is 22.2. The quantitative estimate of drug-likeness (QED) is 0.419. The zero-order valence-electron chi connectivity index (χ0n) is 17.1. The largest absolute Gasteiger partial charge is 0.457 e. The van der Waals surface area contributed by atoms with E-state index < -0.39 is 17.2 Å². The van der Waals surface area contributed by atoms with Crippen LogP contribution in [0.25, 0.3) is 21.3 Å². The second-order valence-electron chi connectivity index (χ2n) is 7.31. The third-order valence-electron chi connectivity index (χ3n) is 5.27. The lowest BCUT2D eigenvalue weighted by atomic mass is 10.2. The van der Waals surface area contributed by atoms with E-state index in [2.05, 4.69) is 9.97 Å². The summed E-state index contributed by atoms with van der Waals surface area (Å²) in [5.41, 5.74) is 1.52. The van der Waals surface area contributed by atoms with Crippen molar-refractivity contribution in [2.75, 3.05) is 0 Å². The molecule has 5 aromatic rings. The Morgan fingerprint density at radius 1 is 1.09 bits per heavy atom. The molecule has 8 nitrogen and oxygen atoms in total. The van der Waals surface area contributed by atoms with Gasteiger partial charge in [-0.3, -0.25) is 14.3 Å². The Morgan fingerprint density at radius 2 is 1.84 bits per heavy atom. The van der Waals surface area contributed by atoms with Crippen molar-refractivity contribution in [3.8, 4) is 0 Å². The van der Waals surface area contributed by atoms with Gasteiger partial charge in [-0.15, -0.1) is 11.3 Å². The van der Waals surface area contributed by atoms with Crippen LogP contribution >= 0.6 is 11.3 Å². The topological polar surface area (TPSA) is 99.0 Å². The van der Waals surface area contributed by atoms with E-state index in [1.807, 2.05) is 66.2 Å². The molecule has 0 aliphatic carbocycles. The smallest absolute Gasteiger partial charge is 0.348 e. The summed E-state index contributed by atoms with van der Waals surface area (Å²) < 4.78 is 8.29. The molecule has 0 atom stereocenters. The van der Waals surface area contributed by atoms with E-state index in [0.717, 1.165) is 32.5 Å². The van der Waals surface area contributed by atoms with Crippen molar-refractivity contribution in [2.45, 2.75) is 13.2 Å². The molecule has 5 rings (SSSR count). The number of rotatable bonds is 5. The highest BCUT2D eigenvalue weighted by molar-refractivity contribution is 7.20. The summed E-state index contributed by atoms with van der Waals surface area (Å²) >= 11 is 1.03. The van der Waals surface area contributed by atoms with Crippen molar-refractivity contribution < 1.29 is 9.53 Å². The Kier molecular flexibility index (Phi) is 4.95. The Labute approximate surface area is 185 Å². The number of carbonyl (C=O) groups excluding carboxylic acids is 1. The van der Waals surface area contributed by atoms with Crippen molar-refractivity contribution in [1.82, 2.24) is 19.1 Å². The van der Waals surface area contributed by atoms with Crippen LogP contribution in [-0.2, 0) is 24.9 Å². The van der Waals surface area contributed by atoms with E-state index >= 15 is 0 Å². The summed E-state index contributed by atoms with van der Waals surface area (Å²) in [6, 6.07) is 18.4. The maximum Gasteiger partial charge on any atom is 0.348 e. The summed E-state index contributed by atoms with van der Waals surface area (Å²) in [5, 5.41) is 0.264. The van der Waals surface area contributed by atoms with Gasteiger partial charge >= 0.3 is 11.7 Å². The Balaban J connectivity index is 1.46. The molecule has 0 radical (unpaired) electrons. The number of benzene rings is 2. The number of hydrogen-bond donors (Lipinski definition) is 1. The van der Waals surface area contributed by atoms with Gasteiger partial charge in [0.15, 0.2) is 0 Å². The average molecular weight is 446 g/mol. The van der Waals surface area contributed by atoms with E-state index in [0.29, 0.717) is 10.7 Å². The highest BCUT2D eigenvalue weighted by Crippen LogP contribution is 2.22. The number of aryl methyl sites for hydroxylation is 1. The van der Waals surface area contributed by atoms with Crippen LogP contribution < -0.4 is 11.2 Å². The summed E-state index contributed by atoms with van der Waals surface area (Å²) in [6.45, 7) is 0.139. The minimum atomic E-state index is -0.555. The summed E-state index contributed by atoms with van der Waals surface area (Å²) in [7, 11) is 1.84. The number of esters is 1. The fraction of sp³-hybridized carbons (Fsp3) is 0.130. The molecular weight excluding hydrogens is 428 g/mol. The van der Waals surface area contributed by atoms with Crippen LogP contribution in [0, 0.1) is 0 Å². The van der Waals surface area contributed by atoms with Gasteiger partial charge in [0, 0.05) is 7.05 Å². The van der Waals surface area contributed by atoms with Crippen molar-refractivity contribution in [1.29, 1.82) is 0 Å². The monoisotopic (exact) mass is 446 g/mol. The van der Waals surface area contributed by atoms with Crippen molar-refractivity contribution in [2.24, 2.45) is 7.05 Å². The number of aromatic amines is 1. The van der Waals surface area contributed by atoms with Crippen molar-refractivity contribution in [3.05, 3.63) is 97.8 Å². The number of hydrogen-bond acceptors (Lipinski definition) is 6. The van der Waals surface area contributed by atoms with Gasteiger partial charge < -0.3 is 9.30 Å². The molecule has 1 N–H and O–H groups in total. The number of H-pyrrole nitrogens is 1. The van der Waals surface area contributed by atoms with Crippen molar-refractivity contribution >= 4 is 38.6 Å². The van der Waals surface area contributed by atoms with E-state index in [4.69, 9.17) is 4.74 Å². The first-order chi connectivity index (χ1) is 15.5. The predicted molar refractivity (Wildman–Crippen MR) is 122 cm³/mol. The van der Waals surface area contributed by atoms with Gasteiger partial charge in [-0.25, -0.2) is 14.6 Å². The molecule has 0 amide bonds. The molecule has 9 heteroatoms. The fourth-order valence-corrected chi connectivity index (χ4v) is 4.50. The Morgan fingerprint density at radius 3 is 2.62 bits per heavy atom. The molecule has 0 saturated heterocycles. The number of carbonyl (C=O) groups is 1. The van der Waals surface area contributed by atoms with E-state index in [9.17, 15) is 14.4 Å². The number of thiophene rings is 1. The second kappa shape index (κ2) is 7.93. The molecular formula is C23H18N4O4S. The minimum absolute atomic E-state index is 0.0128. The normalized spacial score (nSPS) is 11.3. The highest BCUT2D eigenvalue weighted by atomic mass is 32.1. The molecule has 0 fully saturated rings. The zero-order valence-corrected chi connectivity index (χ0v) is 17.9. The average Bonchev–Trinajstić information content (AvgIpc) is 3.37. The molecule has 32 heavy (non-hydrogen) atoms. The molecule has 0 bridgehead atoms. The molecule has 3 heterocycles. The number of aromatic nitrogens is 4. The number of fused-ring (bicyclic) bond motifs is 2. The van der Waals surface area contributed by atoms with Gasteiger partial charge in [0.1, 0.15) is 22.1 Å². The summed E-state index contributed by atoms with van der Waals surface area (Å²) in [5.74, 6) is 0.0353. The summed E-state index contributed by atoms with van der Waals surface area (Å²) in [6.07, 6.45) is 0. The lowest BCUT2D eigenvalue weighted by Crippen LogP contribution is -2.35. The maximum atomic E-state index is 13.1. The van der Waals surface area contributed by atoms with Crippen LogP contribution in [0.3, 0.4) is 0 Å². The van der Waals surface area contributed by atoms with Crippen LogP contribution in [0.15, 0.2) is 70.3 Å². The first-order valence-electron chi connectivity index (χ1n) is 9.89. The first-order valence-corrected chi connectivity index (χ1v) is 10.7. The van der Waals surface area contributed by atoms with Gasteiger partial charge in [-0.1, -0.05) is 42.5 Å². The lowest BCUT2D eigenvalue weighted by molar-refractivity contribution is 0.0478. The number of ether oxygens (including phenoxy) is 1. The lowest BCUT2D eigenvalue weighted by Gasteiger charge is -2.05. The molecule has 3 aromatic heterocycles. The van der Waals surface area contributed by atoms with E-state index in [-0.39, 0.29) is 23.4 Å². The molecule has 0 aliphatic heterocycles. The number of imidazole rings is 1. The van der Waals surface area contributed by atoms with Crippen LogP contribution in [-0.4, -0.2) is 25.1 Å². The van der Waals surface area contributed by atoms with Crippen LogP contribution in [0.1, 0.15) is 21.1 Å². The molecule has 0 unspecified atom stereocenters. The molecule has 0 aliphatic rings. The maximum absolute atomic E-state index is 13.1. The molecule has 2 aromatic carbocycles. The standard InChI is InChI=1S/C23H18N4O4S/c1-26-17-10-6-5-9-16(17)24-19(26)12-27-21(28)15-11-18(32-20(15)25-23(27)30)22(29)31-13-14-7-3-2-4-8-14/h2-11H,12-13H2,1H3,(H,25,30). The SMILES string of the molecule is Cn1c(Cn2c(=O)[nH]c3sc(C(=O)OCc4ccccc4)cc3c2=O)nc2ccccc21. The van der Waals surface area contributed by atoms with Crippen LogP contribution in [0.4, 0.5) is 0 Å². The number of nitrogens with zero attached hydrogens (tertiary/aromatic N) is 3. The molecule has 160 valence electrons. The predicted octanol–water partition coefficient (Wildman–Crippen LogP) is 3.04. The fourth-order valence-electron chi connectivity index (χ4n) is 3.56. The minimum Gasteiger partial charge on any atom is -0.457 e. The highest BCUT2D eigenvalue weighted by Gasteiger charge is 2.18. The van der Waals surface area contributed by atoms with E-state index in [1.165, 1.54) is 6.07 Å². The second-order valence-corrected chi connectivity index (χ2v) is 8.36. The number of nitrogens with one attached hydrogen (secondary N) is 1. The van der Waals surface area contributed by atoms with Crippen molar-refractivity contribution in [3.63, 3.8) is 0 Å². The van der Waals surface area contributed by atoms with Gasteiger partial charge in [-0.2, -0.15) is 0 Å². The Hall–Kier alpha value is -3.98. The van der Waals surface area contributed by atoms with Gasteiger partial charge in [0.2, 0.25) is 0 Å². The van der Waals surface area contributed by atoms with Crippen LogP contribution in [0.5, 0.6) is 0 Å². The molecule has 0 spiro atoms.